The number of hydrogen-bond acceptors (Lipinski definition) is 3. The number of fused-ring (bicyclic) bond motifs is 1. The summed E-state index contributed by atoms with van der Waals surface area (Å²) in [6, 6.07) is 24.8. The Morgan fingerprint density at radius 2 is 1.36 bits per heavy atom. The highest BCUT2D eigenvalue weighted by Gasteiger charge is 2.20. The van der Waals surface area contributed by atoms with Crippen molar-refractivity contribution in [3.05, 3.63) is 101 Å². The molecule has 0 radical (unpaired) electrons. The molecule has 0 atom stereocenters. The minimum atomic E-state index is -3.95. The molecule has 0 fully saturated rings. The molecule has 0 heterocycles. The lowest BCUT2D eigenvalue weighted by atomic mass is 10.0. The minimum Gasteiger partial charge on any atom is -0.322 e. The fourth-order valence-corrected chi connectivity index (χ4v) is 6.39. The lowest BCUT2D eigenvalue weighted by molar-refractivity contribution is 0.102. The summed E-state index contributed by atoms with van der Waals surface area (Å²) in [6.45, 7) is 2.25. The van der Waals surface area contributed by atoms with Gasteiger partial charge in [0.15, 0.2) is 0 Å². The van der Waals surface area contributed by atoms with Crippen LogP contribution >= 0.6 is 11.6 Å². The van der Waals surface area contributed by atoms with Crippen molar-refractivity contribution in [1.29, 1.82) is 0 Å². The molecule has 4 rings (SSSR count). The van der Waals surface area contributed by atoms with E-state index < -0.39 is 15.9 Å². The number of unbranched alkanes of at least 4 members (excludes halogenated alkanes) is 9. The van der Waals surface area contributed by atoms with E-state index in [1.165, 1.54) is 75.5 Å². The third kappa shape index (κ3) is 9.33. The number of nitrogens with one attached hydrogen (secondary N) is 2. The van der Waals surface area contributed by atoms with Crippen molar-refractivity contribution in [2.24, 2.45) is 0 Å². The van der Waals surface area contributed by atoms with E-state index in [1.807, 2.05) is 48.5 Å². The molecule has 0 bridgehead atoms. The van der Waals surface area contributed by atoms with Gasteiger partial charge in [-0.2, -0.15) is 0 Å². The first kappa shape index (κ1) is 31.6. The van der Waals surface area contributed by atoms with Gasteiger partial charge in [0.2, 0.25) is 0 Å². The van der Waals surface area contributed by atoms with E-state index in [4.69, 9.17) is 11.6 Å². The van der Waals surface area contributed by atoms with Gasteiger partial charge in [-0.1, -0.05) is 119 Å². The van der Waals surface area contributed by atoms with Crippen LogP contribution in [-0.4, -0.2) is 14.3 Å². The Labute approximate surface area is 255 Å². The predicted molar refractivity (Wildman–Crippen MR) is 176 cm³/mol. The van der Waals surface area contributed by atoms with Crippen LogP contribution < -0.4 is 10.0 Å². The van der Waals surface area contributed by atoms with Gasteiger partial charge in [-0.05, 0) is 71.6 Å². The van der Waals surface area contributed by atoms with Crippen LogP contribution in [0, 0.1) is 0 Å². The van der Waals surface area contributed by atoms with Crippen LogP contribution in [0.15, 0.2) is 89.8 Å². The van der Waals surface area contributed by atoms with Gasteiger partial charge in [0.05, 0.1) is 16.1 Å². The van der Waals surface area contributed by atoms with E-state index in [-0.39, 0.29) is 16.1 Å². The van der Waals surface area contributed by atoms with Gasteiger partial charge in [0, 0.05) is 10.7 Å². The fraction of sp³-hybridized carbons (Fsp3) is 0.343. The molecule has 4 aromatic carbocycles. The molecule has 0 unspecified atom stereocenters. The summed E-state index contributed by atoms with van der Waals surface area (Å²) >= 11 is 6.20. The van der Waals surface area contributed by atoms with Crippen LogP contribution in [0.1, 0.15) is 87.1 Å². The highest BCUT2D eigenvalue weighted by molar-refractivity contribution is 7.92. The fourth-order valence-electron chi connectivity index (χ4n) is 5.10. The van der Waals surface area contributed by atoms with Gasteiger partial charge in [-0.25, -0.2) is 8.42 Å². The van der Waals surface area contributed by atoms with E-state index >= 15 is 0 Å². The van der Waals surface area contributed by atoms with Crippen molar-refractivity contribution >= 4 is 49.7 Å². The van der Waals surface area contributed by atoms with Crippen LogP contribution in [0.4, 0.5) is 11.4 Å². The second-order valence-corrected chi connectivity index (χ2v) is 13.0. The summed E-state index contributed by atoms with van der Waals surface area (Å²) in [5.74, 6) is -0.448. The molecule has 0 aliphatic rings. The molecule has 1 amide bonds. The first-order valence-corrected chi connectivity index (χ1v) is 16.9. The van der Waals surface area contributed by atoms with Crippen molar-refractivity contribution in [1.82, 2.24) is 0 Å². The topological polar surface area (TPSA) is 75.3 Å². The van der Waals surface area contributed by atoms with Crippen molar-refractivity contribution in [3.8, 4) is 0 Å². The molecule has 0 saturated carbocycles. The quantitative estimate of drug-likeness (QED) is 0.125. The molecule has 7 heteroatoms. The Morgan fingerprint density at radius 1 is 0.714 bits per heavy atom. The Hall–Kier alpha value is -3.35. The maximum absolute atomic E-state index is 13.2. The molecule has 4 aromatic rings. The Bertz CT molecular complexity index is 1570. The van der Waals surface area contributed by atoms with Gasteiger partial charge in [0.1, 0.15) is 0 Å². The van der Waals surface area contributed by atoms with Crippen molar-refractivity contribution in [2.75, 3.05) is 10.0 Å². The first-order valence-electron chi connectivity index (χ1n) is 15.1. The molecular weight excluding hydrogens is 564 g/mol. The second kappa shape index (κ2) is 15.8. The van der Waals surface area contributed by atoms with Gasteiger partial charge >= 0.3 is 0 Å². The normalized spacial score (nSPS) is 11.5. The first-order chi connectivity index (χ1) is 20.4. The van der Waals surface area contributed by atoms with Crippen molar-refractivity contribution < 1.29 is 13.2 Å². The lowest BCUT2D eigenvalue weighted by Gasteiger charge is -2.14. The zero-order chi connectivity index (χ0) is 29.8. The van der Waals surface area contributed by atoms with Gasteiger partial charge < -0.3 is 5.32 Å². The summed E-state index contributed by atoms with van der Waals surface area (Å²) in [7, 11) is -3.95. The average Bonchev–Trinajstić information content (AvgIpc) is 2.99. The number of rotatable bonds is 16. The number of aryl methyl sites for hydroxylation is 1. The molecule has 222 valence electrons. The summed E-state index contributed by atoms with van der Waals surface area (Å²) in [5.41, 5.74) is 2.17. The number of carbonyl (C=O) groups excluding carboxylic acids is 1. The number of hydrogen-bond donors (Lipinski definition) is 2. The molecule has 0 spiro atoms. The standard InChI is InChI=1S/C35H41ClN2O3S/c1-2-3-4-5-6-7-8-9-10-11-14-27-17-21-31(22-18-27)37-35(39)33-26-30(36)20-24-34(33)38-42(40,41)32-23-19-28-15-12-13-16-29(28)25-32/h12-13,15-26,38H,2-11,14H2,1H3,(H,37,39). The van der Waals surface area contributed by atoms with Crippen LogP contribution in [0.3, 0.4) is 0 Å². The van der Waals surface area contributed by atoms with Crippen LogP contribution in [-0.2, 0) is 16.4 Å². The largest absolute Gasteiger partial charge is 0.322 e. The van der Waals surface area contributed by atoms with E-state index in [0.29, 0.717) is 10.7 Å². The Morgan fingerprint density at radius 3 is 2.05 bits per heavy atom. The van der Waals surface area contributed by atoms with E-state index in [2.05, 4.69) is 17.0 Å². The molecule has 0 aliphatic carbocycles. The van der Waals surface area contributed by atoms with Crippen LogP contribution in [0.25, 0.3) is 10.8 Å². The third-order valence-corrected chi connectivity index (χ3v) is 9.13. The minimum absolute atomic E-state index is 0.112. The number of halogens is 1. The van der Waals surface area contributed by atoms with Crippen LogP contribution in [0.5, 0.6) is 0 Å². The van der Waals surface area contributed by atoms with Gasteiger partial charge in [-0.3, -0.25) is 9.52 Å². The SMILES string of the molecule is CCCCCCCCCCCCc1ccc(NC(=O)c2cc(Cl)ccc2NS(=O)(=O)c2ccc3ccccc3c2)cc1. The molecule has 0 saturated heterocycles. The predicted octanol–water partition coefficient (Wildman–Crippen LogP) is 10.0. The smallest absolute Gasteiger partial charge is 0.261 e. The summed E-state index contributed by atoms with van der Waals surface area (Å²) in [5, 5.41) is 4.97. The monoisotopic (exact) mass is 604 g/mol. The van der Waals surface area contributed by atoms with Crippen molar-refractivity contribution in [2.45, 2.75) is 82.4 Å². The summed E-state index contributed by atoms with van der Waals surface area (Å²) in [4.78, 5) is 13.3. The Kier molecular flexibility index (Phi) is 11.8. The van der Waals surface area contributed by atoms with Crippen LogP contribution in [0.2, 0.25) is 5.02 Å². The highest BCUT2D eigenvalue weighted by Crippen LogP contribution is 2.27. The zero-order valence-electron chi connectivity index (χ0n) is 24.4. The van der Waals surface area contributed by atoms with Gasteiger partial charge in [0.25, 0.3) is 15.9 Å². The molecule has 0 aliphatic heterocycles. The molecule has 2 N–H and O–H groups in total. The number of anilines is 2. The molecule has 5 nitrogen and oxygen atoms in total. The average molecular weight is 605 g/mol. The molecule has 0 aromatic heterocycles. The lowest BCUT2D eigenvalue weighted by Crippen LogP contribution is -2.18. The summed E-state index contributed by atoms with van der Waals surface area (Å²) in [6.07, 6.45) is 14.1. The van der Waals surface area contributed by atoms with Crippen molar-refractivity contribution in [3.63, 3.8) is 0 Å². The third-order valence-electron chi connectivity index (χ3n) is 7.53. The Balaban J connectivity index is 1.31. The van der Waals surface area contributed by atoms with Gasteiger partial charge in [-0.15, -0.1) is 0 Å². The number of benzene rings is 4. The molecular formula is C35H41ClN2O3S. The highest BCUT2D eigenvalue weighted by atomic mass is 35.5. The zero-order valence-corrected chi connectivity index (χ0v) is 25.9. The molecule has 42 heavy (non-hydrogen) atoms. The number of carbonyl (C=O) groups is 1. The van der Waals surface area contributed by atoms with E-state index in [9.17, 15) is 13.2 Å². The maximum Gasteiger partial charge on any atom is 0.261 e. The second-order valence-electron chi connectivity index (χ2n) is 10.9. The number of sulfonamides is 1. The maximum atomic E-state index is 13.2. The van der Waals surface area contributed by atoms with E-state index in [1.54, 1.807) is 24.3 Å². The summed E-state index contributed by atoms with van der Waals surface area (Å²) < 4.78 is 29.0. The number of amides is 1. The van der Waals surface area contributed by atoms with E-state index in [0.717, 1.165) is 23.6 Å².